The van der Waals surface area contributed by atoms with Crippen LogP contribution in [0.25, 0.3) is 0 Å². The smallest absolute Gasteiger partial charge is 0.0858 e. The average molecular weight is 194 g/mol. The second-order valence-electron chi connectivity index (χ2n) is 4.11. The Morgan fingerprint density at radius 3 is 3.14 bits per heavy atom. The van der Waals surface area contributed by atoms with E-state index in [9.17, 15) is 0 Å². The van der Waals surface area contributed by atoms with Crippen molar-refractivity contribution in [1.82, 2.24) is 9.78 Å². The summed E-state index contributed by atoms with van der Waals surface area (Å²) < 4.78 is 7.60. The molecule has 0 bridgehead atoms. The summed E-state index contributed by atoms with van der Waals surface area (Å²) in [5.74, 6) is 0.828. The molecule has 1 aliphatic heterocycles. The molecule has 0 amide bonds. The molecule has 3 heteroatoms. The summed E-state index contributed by atoms with van der Waals surface area (Å²) in [5.41, 5.74) is 1.23. The van der Waals surface area contributed by atoms with Gasteiger partial charge in [-0.05, 0) is 18.8 Å². The molecule has 0 saturated carbocycles. The van der Waals surface area contributed by atoms with Crippen LogP contribution in [0.3, 0.4) is 0 Å². The number of aromatic nitrogens is 2. The van der Waals surface area contributed by atoms with E-state index < -0.39 is 0 Å². The van der Waals surface area contributed by atoms with Gasteiger partial charge in [0.15, 0.2) is 0 Å². The highest BCUT2D eigenvalue weighted by atomic mass is 16.5. The Balaban J connectivity index is 2.04. The zero-order valence-corrected chi connectivity index (χ0v) is 8.94. The van der Waals surface area contributed by atoms with E-state index in [1.807, 2.05) is 17.9 Å². The molecule has 2 heterocycles. The van der Waals surface area contributed by atoms with Gasteiger partial charge >= 0.3 is 0 Å². The third kappa shape index (κ3) is 1.98. The van der Waals surface area contributed by atoms with E-state index in [0.717, 1.165) is 18.9 Å². The molecule has 78 valence electrons. The fourth-order valence-electron chi connectivity index (χ4n) is 2.08. The number of nitrogens with zero attached hydrogens (tertiary/aromatic N) is 2. The van der Waals surface area contributed by atoms with Gasteiger partial charge in [-0.2, -0.15) is 5.10 Å². The van der Waals surface area contributed by atoms with Crippen LogP contribution >= 0.6 is 0 Å². The van der Waals surface area contributed by atoms with Crippen LogP contribution in [0.4, 0.5) is 0 Å². The van der Waals surface area contributed by atoms with Crippen molar-refractivity contribution in [3.05, 3.63) is 18.0 Å². The topological polar surface area (TPSA) is 27.1 Å². The lowest BCUT2D eigenvalue weighted by Gasteiger charge is -2.28. The molecule has 14 heavy (non-hydrogen) atoms. The first-order chi connectivity index (χ1) is 6.79. The van der Waals surface area contributed by atoms with Crippen LogP contribution in [0.15, 0.2) is 12.4 Å². The van der Waals surface area contributed by atoms with Crippen molar-refractivity contribution in [2.45, 2.75) is 32.3 Å². The summed E-state index contributed by atoms with van der Waals surface area (Å²) in [6.07, 6.45) is 7.89. The van der Waals surface area contributed by atoms with Gasteiger partial charge in [-0.15, -0.1) is 0 Å². The molecule has 2 rings (SSSR count). The lowest BCUT2D eigenvalue weighted by Crippen LogP contribution is -2.19. The van der Waals surface area contributed by atoms with Crippen molar-refractivity contribution in [3.8, 4) is 0 Å². The molecule has 1 fully saturated rings. The highest BCUT2D eigenvalue weighted by Gasteiger charge is 2.23. The molecule has 0 aliphatic carbocycles. The van der Waals surface area contributed by atoms with Crippen molar-refractivity contribution in [2.75, 3.05) is 6.61 Å². The molecule has 3 nitrogen and oxygen atoms in total. The van der Waals surface area contributed by atoms with Gasteiger partial charge < -0.3 is 4.74 Å². The van der Waals surface area contributed by atoms with Gasteiger partial charge in [0, 0.05) is 25.4 Å². The van der Waals surface area contributed by atoms with E-state index in [-0.39, 0.29) is 6.10 Å². The third-order valence-corrected chi connectivity index (χ3v) is 3.07. The van der Waals surface area contributed by atoms with E-state index in [1.165, 1.54) is 18.4 Å². The molecule has 1 saturated heterocycles. The molecule has 1 aromatic rings. The van der Waals surface area contributed by atoms with Crippen molar-refractivity contribution in [3.63, 3.8) is 0 Å². The van der Waals surface area contributed by atoms with Crippen molar-refractivity contribution < 1.29 is 4.74 Å². The SMILES string of the molecule is CC[C@H]1CCO[C@@H](c2cnn(C)c2)C1. The molecule has 2 atom stereocenters. The summed E-state index contributed by atoms with van der Waals surface area (Å²) >= 11 is 0. The van der Waals surface area contributed by atoms with E-state index in [1.54, 1.807) is 0 Å². The Morgan fingerprint density at radius 2 is 2.50 bits per heavy atom. The zero-order valence-electron chi connectivity index (χ0n) is 8.94. The van der Waals surface area contributed by atoms with Gasteiger partial charge in [-0.25, -0.2) is 0 Å². The first kappa shape index (κ1) is 9.71. The van der Waals surface area contributed by atoms with Crippen molar-refractivity contribution in [1.29, 1.82) is 0 Å². The Hall–Kier alpha value is -0.830. The van der Waals surface area contributed by atoms with E-state index in [0.29, 0.717) is 0 Å². The van der Waals surface area contributed by atoms with Crippen LogP contribution in [-0.2, 0) is 11.8 Å². The van der Waals surface area contributed by atoms with Crippen LogP contribution in [0.1, 0.15) is 37.9 Å². The van der Waals surface area contributed by atoms with Crippen LogP contribution < -0.4 is 0 Å². The van der Waals surface area contributed by atoms with Crippen LogP contribution in [0, 0.1) is 5.92 Å². The maximum Gasteiger partial charge on any atom is 0.0858 e. The predicted molar refractivity (Wildman–Crippen MR) is 54.9 cm³/mol. The summed E-state index contributed by atoms with van der Waals surface area (Å²) in [7, 11) is 1.95. The molecule has 0 N–H and O–H groups in total. The quantitative estimate of drug-likeness (QED) is 0.722. The maximum atomic E-state index is 5.76. The lowest BCUT2D eigenvalue weighted by molar-refractivity contribution is -0.0110. The fraction of sp³-hybridized carbons (Fsp3) is 0.727. The summed E-state index contributed by atoms with van der Waals surface area (Å²) in [5, 5.41) is 4.18. The van der Waals surface area contributed by atoms with Crippen molar-refractivity contribution in [2.24, 2.45) is 13.0 Å². The minimum atomic E-state index is 0.280. The predicted octanol–water partition coefficient (Wildman–Crippen LogP) is 2.30. The third-order valence-electron chi connectivity index (χ3n) is 3.07. The summed E-state index contributed by atoms with van der Waals surface area (Å²) in [4.78, 5) is 0. The molecular weight excluding hydrogens is 176 g/mol. The van der Waals surface area contributed by atoms with Gasteiger partial charge in [-0.1, -0.05) is 13.3 Å². The van der Waals surface area contributed by atoms with E-state index in [4.69, 9.17) is 4.74 Å². The molecular formula is C11H18N2O. The zero-order chi connectivity index (χ0) is 9.97. The Labute approximate surface area is 85.1 Å². The second-order valence-corrected chi connectivity index (χ2v) is 4.11. The molecule has 1 aliphatic rings. The van der Waals surface area contributed by atoms with Gasteiger partial charge in [0.05, 0.1) is 12.3 Å². The van der Waals surface area contributed by atoms with Gasteiger partial charge in [0.25, 0.3) is 0 Å². The maximum absolute atomic E-state index is 5.76. The number of ether oxygens (including phenoxy) is 1. The van der Waals surface area contributed by atoms with Gasteiger partial charge in [0.1, 0.15) is 0 Å². The number of aryl methyl sites for hydroxylation is 1. The minimum Gasteiger partial charge on any atom is -0.373 e. The second kappa shape index (κ2) is 4.13. The van der Waals surface area contributed by atoms with E-state index in [2.05, 4.69) is 18.2 Å². The number of hydrogen-bond acceptors (Lipinski definition) is 2. The first-order valence-corrected chi connectivity index (χ1v) is 5.39. The Bertz CT molecular complexity index is 295. The lowest BCUT2D eigenvalue weighted by atomic mass is 9.91. The van der Waals surface area contributed by atoms with Crippen LogP contribution in [0.2, 0.25) is 0 Å². The highest BCUT2D eigenvalue weighted by molar-refractivity contribution is 5.08. The first-order valence-electron chi connectivity index (χ1n) is 5.39. The minimum absolute atomic E-state index is 0.280. The normalized spacial score (nSPS) is 27.9. The van der Waals surface area contributed by atoms with Gasteiger partial charge in [-0.3, -0.25) is 4.68 Å². The number of rotatable bonds is 2. The molecule has 0 radical (unpaired) electrons. The molecule has 0 unspecified atom stereocenters. The van der Waals surface area contributed by atoms with Crippen molar-refractivity contribution >= 4 is 0 Å². The summed E-state index contributed by atoms with van der Waals surface area (Å²) in [6, 6.07) is 0. The molecule has 0 spiro atoms. The number of hydrogen-bond donors (Lipinski definition) is 0. The van der Waals surface area contributed by atoms with E-state index >= 15 is 0 Å². The standard InChI is InChI=1S/C11H18N2O/c1-3-9-4-5-14-11(6-9)10-7-12-13(2)8-10/h7-9,11H,3-6H2,1-2H3/t9-,11+/m0/s1. The Morgan fingerprint density at radius 1 is 1.64 bits per heavy atom. The van der Waals surface area contributed by atoms with Gasteiger partial charge in [0.2, 0.25) is 0 Å². The van der Waals surface area contributed by atoms with Crippen LogP contribution in [-0.4, -0.2) is 16.4 Å². The average Bonchev–Trinajstić information content (AvgIpc) is 2.65. The monoisotopic (exact) mass is 194 g/mol. The molecule has 1 aromatic heterocycles. The Kier molecular flexibility index (Phi) is 2.87. The highest BCUT2D eigenvalue weighted by Crippen LogP contribution is 2.32. The largest absolute Gasteiger partial charge is 0.373 e. The fourth-order valence-corrected chi connectivity index (χ4v) is 2.08. The van der Waals surface area contributed by atoms with Crippen LogP contribution in [0.5, 0.6) is 0 Å². The summed E-state index contributed by atoms with van der Waals surface area (Å²) in [6.45, 7) is 3.16. The molecule has 0 aromatic carbocycles.